The van der Waals surface area contributed by atoms with E-state index in [2.05, 4.69) is 15.3 Å². The van der Waals surface area contributed by atoms with Crippen LogP contribution in [0.15, 0.2) is 42.0 Å². The predicted molar refractivity (Wildman–Crippen MR) is 72.5 cm³/mol. The van der Waals surface area contributed by atoms with Gasteiger partial charge in [0.2, 0.25) is 0 Å². The third-order valence-corrected chi connectivity index (χ3v) is 3.44. The van der Waals surface area contributed by atoms with Crippen LogP contribution in [-0.2, 0) is 0 Å². The number of aldehydes is 1. The molecule has 0 amide bonds. The summed E-state index contributed by atoms with van der Waals surface area (Å²) in [4.78, 5) is 19.1. The Bertz CT molecular complexity index is 708. The van der Waals surface area contributed by atoms with Crippen LogP contribution >= 0.6 is 11.3 Å². The van der Waals surface area contributed by atoms with Gasteiger partial charge >= 0.3 is 0 Å². The van der Waals surface area contributed by atoms with E-state index in [4.69, 9.17) is 0 Å². The fourth-order valence-electron chi connectivity index (χ4n) is 1.70. The number of carbonyl (C=O) groups excluding carboxylic acids is 1. The molecule has 0 unspecified atom stereocenters. The second-order valence-electron chi connectivity index (χ2n) is 3.73. The Morgan fingerprint density at radius 3 is 3.06 bits per heavy atom. The molecule has 2 aromatic heterocycles. The third kappa shape index (κ3) is 1.96. The van der Waals surface area contributed by atoms with Crippen LogP contribution in [-0.4, -0.2) is 16.3 Å². The molecule has 0 aliphatic rings. The van der Waals surface area contributed by atoms with Gasteiger partial charge in [-0.3, -0.25) is 4.79 Å². The second-order valence-corrected chi connectivity index (χ2v) is 4.64. The molecule has 3 aromatic rings. The fraction of sp³-hybridized carbons (Fsp3) is 0. The Morgan fingerprint density at radius 2 is 2.17 bits per heavy atom. The fourth-order valence-corrected chi connectivity index (χ4v) is 2.49. The number of aromatic nitrogens is 2. The Kier molecular flexibility index (Phi) is 2.74. The monoisotopic (exact) mass is 255 g/mol. The van der Waals surface area contributed by atoms with Gasteiger partial charge in [-0.2, -0.15) is 0 Å². The van der Waals surface area contributed by atoms with Gasteiger partial charge in [0, 0.05) is 11.3 Å². The molecule has 0 fully saturated rings. The van der Waals surface area contributed by atoms with Gasteiger partial charge in [-0.15, -0.1) is 11.3 Å². The van der Waals surface area contributed by atoms with E-state index < -0.39 is 0 Å². The number of rotatable bonds is 3. The molecule has 0 saturated carbocycles. The number of hydrogen-bond donors (Lipinski definition) is 1. The highest BCUT2D eigenvalue weighted by atomic mass is 32.1. The van der Waals surface area contributed by atoms with Crippen LogP contribution in [0.5, 0.6) is 0 Å². The molecule has 0 atom stereocenters. The van der Waals surface area contributed by atoms with Crippen LogP contribution in [0.25, 0.3) is 10.2 Å². The average molecular weight is 255 g/mol. The smallest absolute Gasteiger partial charge is 0.151 e. The van der Waals surface area contributed by atoms with Gasteiger partial charge < -0.3 is 5.32 Å². The first-order valence-electron chi connectivity index (χ1n) is 5.37. The molecule has 1 N–H and O–H groups in total. The number of thiophene rings is 1. The number of anilines is 2. The summed E-state index contributed by atoms with van der Waals surface area (Å²) in [6.07, 6.45) is 2.35. The lowest BCUT2D eigenvalue weighted by Gasteiger charge is -2.06. The summed E-state index contributed by atoms with van der Waals surface area (Å²) in [5.74, 6) is 0.762. The van der Waals surface area contributed by atoms with Crippen LogP contribution in [0.3, 0.4) is 0 Å². The van der Waals surface area contributed by atoms with Crippen molar-refractivity contribution in [2.45, 2.75) is 0 Å². The molecule has 0 aliphatic carbocycles. The molecule has 0 spiro atoms. The highest BCUT2D eigenvalue weighted by Gasteiger charge is 2.05. The Hall–Kier alpha value is -2.27. The standard InChI is InChI=1S/C13H9N3OS/c17-7-9-2-1-3-10(6-9)16-13-12-11(4-5-18-12)14-8-15-13/h1-8H,(H,14,15,16). The van der Waals surface area contributed by atoms with E-state index in [9.17, 15) is 4.79 Å². The van der Waals surface area contributed by atoms with E-state index >= 15 is 0 Å². The normalized spacial score (nSPS) is 10.4. The first kappa shape index (κ1) is 10.9. The van der Waals surface area contributed by atoms with Crippen molar-refractivity contribution in [1.82, 2.24) is 9.97 Å². The van der Waals surface area contributed by atoms with E-state index in [0.717, 1.165) is 28.0 Å². The SMILES string of the molecule is O=Cc1cccc(Nc2ncnc3ccsc23)c1. The highest BCUT2D eigenvalue weighted by Crippen LogP contribution is 2.27. The number of nitrogens with zero attached hydrogens (tertiary/aromatic N) is 2. The van der Waals surface area contributed by atoms with Crippen LogP contribution in [0, 0.1) is 0 Å². The average Bonchev–Trinajstić information content (AvgIpc) is 2.88. The summed E-state index contributed by atoms with van der Waals surface area (Å²) in [6.45, 7) is 0. The van der Waals surface area contributed by atoms with Crippen molar-refractivity contribution < 1.29 is 4.79 Å². The topological polar surface area (TPSA) is 54.9 Å². The lowest BCUT2D eigenvalue weighted by molar-refractivity contribution is 0.112. The van der Waals surface area contributed by atoms with Crippen molar-refractivity contribution in [1.29, 1.82) is 0 Å². The highest BCUT2D eigenvalue weighted by molar-refractivity contribution is 7.17. The van der Waals surface area contributed by atoms with Crippen molar-refractivity contribution in [2.24, 2.45) is 0 Å². The van der Waals surface area contributed by atoms with Crippen molar-refractivity contribution in [3.05, 3.63) is 47.6 Å². The largest absolute Gasteiger partial charge is 0.339 e. The maximum atomic E-state index is 10.7. The number of benzene rings is 1. The molecule has 2 heterocycles. The molecule has 18 heavy (non-hydrogen) atoms. The zero-order valence-corrected chi connectivity index (χ0v) is 10.1. The van der Waals surface area contributed by atoms with Gasteiger partial charge in [-0.1, -0.05) is 12.1 Å². The van der Waals surface area contributed by atoms with E-state index in [1.807, 2.05) is 23.6 Å². The second kappa shape index (κ2) is 4.54. The molecular formula is C13H9N3OS. The molecule has 3 rings (SSSR count). The molecule has 4 nitrogen and oxygen atoms in total. The lowest BCUT2D eigenvalue weighted by atomic mass is 10.2. The van der Waals surface area contributed by atoms with Gasteiger partial charge in [0.15, 0.2) is 5.82 Å². The predicted octanol–water partition coefficient (Wildman–Crippen LogP) is 3.25. The third-order valence-electron chi connectivity index (χ3n) is 2.53. The van der Waals surface area contributed by atoms with Gasteiger partial charge in [-0.25, -0.2) is 9.97 Å². The van der Waals surface area contributed by atoms with E-state index in [-0.39, 0.29) is 0 Å². The van der Waals surface area contributed by atoms with Gasteiger partial charge in [0.1, 0.15) is 12.6 Å². The first-order valence-corrected chi connectivity index (χ1v) is 6.25. The van der Waals surface area contributed by atoms with E-state index in [0.29, 0.717) is 5.56 Å². The van der Waals surface area contributed by atoms with Crippen molar-refractivity contribution in [3.63, 3.8) is 0 Å². The minimum atomic E-state index is 0.636. The quantitative estimate of drug-likeness (QED) is 0.730. The minimum absolute atomic E-state index is 0.636. The van der Waals surface area contributed by atoms with Crippen LogP contribution in [0.1, 0.15) is 10.4 Å². The van der Waals surface area contributed by atoms with Crippen LogP contribution < -0.4 is 5.32 Å². The Balaban J connectivity index is 2.00. The first-order chi connectivity index (χ1) is 8.86. The minimum Gasteiger partial charge on any atom is -0.339 e. The zero-order chi connectivity index (χ0) is 12.4. The number of carbonyl (C=O) groups is 1. The van der Waals surface area contributed by atoms with E-state index in [1.165, 1.54) is 6.33 Å². The number of nitrogens with one attached hydrogen (secondary N) is 1. The maximum absolute atomic E-state index is 10.7. The zero-order valence-electron chi connectivity index (χ0n) is 9.33. The molecule has 88 valence electrons. The van der Waals surface area contributed by atoms with Gasteiger partial charge in [0.25, 0.3) is 0 Å². The molecule has 5 heteroatoms. The Labute approximate surface area is 107 Å². The summed E-state index contributed by atoms with van der Waals surface area (Å²) in [7, 11) is 0. The van der Waals surface area contributed by atoms with Crippen molar-refractivity contribution in [3.8, 4) is 0 Å². The van der Waals surface area contributed by atoms with Crippen LogP contribution in [0.2, 0.25) is 0 Å². The molecule has 1 aromatic carbocycles. The summed E-state index contributed by atoms with van der Waals surface area (Å²) in [6, 6.07) is 9.23. The summed E-state index contributed by atoms with van der Waals surface area (Å²) < 4.78 is 1.01. The van der Waals surface area contributed by atoms with E-state index in [1.54, 1.807) is 23.5 Å². The molecular weight excluding hydrogens is 246 g/mol. The summed E-state index contributed by atoms with van der Waals surface area (Å²) in [5, 5.41) is 5.19. The van der Waals surface area contributed by atoms with Gasteiger partial charge in [-0.05, 0) is 23.6 Å². The number of fused-ring (bicyclic) bond motifs is 1. The maximum Gasteiger partial charge on any atom is 0.151 e. The van der Waals surface area contributed by atoms with Crippen molar-refractivity contribution in [2.75, 3.05) is 5.32 Å². The molecule has 0 radical (unpaired) electrons. The molecule has 0 bridgehead atoms. The van der Waals surface area contributed by atoms with Gasteiger partial charge in [0.05, 0.1) is 10.2 Å². The summed E-state index contributed by atoms with van der Waals surface area (Å²) in [5.41, 5.74) is 2.40. The lowest BCUT2D eigenvalue weighted by Crippen LogP contribution is -1.95. The number of hydrogen-bond acceptors (Lipinski definition) is 5. The van der Waals surface area contributed by atoms with Crippen LogP contribution in [0.4, 0.5) is 11.5 Å². The van der Waals surface area contributed by atoms with Crippen molar-refractivity contribution >= 4 is 39.3 Å². The Morgan fingerprint density at radius 1 is 1.22 bits per heavy atom. The molecule has 0 aliphatic heterocycles. The molecule has 0 saturated heterocycles. The summed E-state index contributed by atoms with van der Waals surface area (Å²) >= 11 is 1.59.